The predicted octanol–water partition coefficient (Wildman–Crippen LogP) is 6.49. The Hall–Kier alpha value is -2.20. The van der Waals surface area contributed by atoms with Gasteiger partial charge in [-0.2, -0.15) is 5.26 Å². The van der Waals surface area contributed by atoms with Crippen LogP contribution in [0.1, 0.15) is 25.8 Å². The summed E-state index contributed by atoms with van der Waals surface area (Å²) >= 11 is 15.3. The van der Waals surface area contributed by atoms with Gasteiger partial charge in [-0.05, 0) is 71.2 Å². The number of hydrogen-bond acceptors (Lipinski definition) is 4. The SMILES string of the molecule is CCCOc1c(Br)cc(/C=C(\C#N)C(=O)Nc2ccc(Cl)c(Cl)c2)cc1OCC. The maximum Gasteiger partial charge on any atom is 0.266 e. The molecule has 0 aliphatic carbocycles. The second-order valence-electron chi connectivity index (χ2n) is 5.86. The number of ether oxygens (including phenoxy) is 2. The van der Waals surface area contributed by atoms with Crippen LogP contribution in [0.5, 0.6) is 11.5 Å². The number of nitrogens with one attached hydrogen (secondary N) is 1. The van der Waals surface area contributed by atoms with Gasteiger partial charge in [0.2, 0.25) is 0 Å². The molecule has 0 aliphatic heterocycles. The Kier molecular flexibility index (Phi) is 8.84. The molecule has 0 unspecified atom stereocenters. The van der Waals surface area contributed by atoms with Crippen LogP contribution in [-0.2, 0) is 4.79 Å². The van der Waals surface area contributed by atoms with E-state index in [1.165, 1.54) is 12.1 Å². The number of nitriles is 1. The summed E-state index contributed by atoms with van der Waals surface area (Å²) < 4.78 is 12.1. The minimum absolute atomic E-state index is 0.0763. The number of nitrogens with zero attached hydrogens (tertiary/aromatic N) is 1. The Bertz CT molecular complexity index is 971. The Morgan fingerprint density at radius 1 is 1.21 bits per heavy atom. The predicted molar refractivity (Wildman–Crippen MR) is 120 cm³/mol. The lowest BCUT2D eigenvalue weighted by Crippen LogP contribution is -2.13. The molecule has 5 nitrogen and oxygen atoms in total. The Balaban J connectivity index is 2.32. The highest BCUT2D eigenvalue weighted by atomic mass is 79.9. The minimum atomic E-state index is -0.564. The molecule has 0 atom stereocenters. The van der Waals surface area contributed by atoms with Gasteiger partial charge in [-0.1, -0.05) is 30.1 Å². The quantitative estimate of drug-likeness (QED) is 0.334. The number of halogens is 3. The van der Waals surface area contributed by atoms with Gasteiger partial charge in [-0.3, -0.25) is 4.79 Å². The van der Waals surface area contributed by atoms with E-state index in [-0.39, 0.29) is 5.57 Å². The van der Waals surface area contributed by atoms with E-state index < -0.39 is 5.91 Å². The van der Waals surface area contributed by atoms with Crippen molar-refractivity contribution in [3.05, 3.63) is 56.0 Å². The van der Waals surface area contributed by atoms with Gasteiger partial charge in [0.05, 0.1) is 27.7 Å². The fourth-order valence-electron chi connectivity index (χ4n) is 2.37. The first-order valence-corrected chi connectivity index (χ1v) is 10.4. The zero-order valence-corrected chi connectivity index (χ0v) is 19.0. The molecule has 0 fully saturated rings. The van der Waals surface area contributed by atoms with Crippen LogP contribution in [0.4, 0.5) is 5.69 Å². The Morgan fingerprint density at radius 2 is 1.97 bits per heavy atom. The molecule has 0 aromatic heterocycles. The van der Waals surface area contributed by atoms with Crippen LogP contribution in [0, 0.1) is 11.3 Å². The summed E-state index contributed by atoms with van der Waals surface area (Å²) in [7, 11) is 0. The van der Waals surface area contributed by atoms with Crippen LogP contribution in [0.25, 0.3) is 6.08 Å². The summed E-state index contributed by atoms with van der Waals surface area (Å²) in [6.07, 6.45) is 2.33. The molecule has 2 aromatic carbocycles. The molecule has 0 saturated carbocycles. The summed E-state index contributed by atoms with van der Waals surface area (Å²) in [5.41, 5.74) is 0.975. The smallest absolute Gasteiger partial charge is 0.266 e. The molecule has 0 saturated heterocycles. The van der Waals surface area contributed by atoms with Gasteiger partial charge in [0.25, 0.3) is 5.91 Å². The standard InChI is InChI=1S/C21H19BrCl2N2O3/c1-3-7-29-20-16(22)9-13(10-19(20)28-4-2)8-14(12-25)21(27)26-15-5-6-17(23)18(24)11-15/h5-6,8-11H,3-4,7H2,1-2H3,(H,26,27)/b14-8+. The van der Waals surface area contributed by atoms with Crippen LogP contribution < -0.4 is 14.8 Å². The molecule has 8 heteroatoms. The molecule has 0 bridgehead atoms. The van der Waals surface area contributed by atoms with Gasteiger partial charge < -0.3 is 14.8 Å². The number of rotatable bonds is 8. The molecular weight excluding hydrogens is 479 g/mol. The molecule has 29 heavy (non-hydrogen) atoms. The second kappa shape index (κ2) is 11.1. The van der Waals surface area contributed by atoms with Crippen LogP contribution >= 0.6 is 39.1 Å². The van der Waals surface area contributed by atoms with E-state index in [1.54, 1.807) is 24.3 Å². The average molecular weight is 498 g/mol. The molecular formula is C21H19BrCl2N2O3. The highest BCUT2D eigenvalue weighted by Crippen LogP contribution is 2.37. The van der Waals surface area contributed by atoms with Crippen molar-refractivity contribution in [2.24, 2.45) is 0 Å². The van der Waals surface area contributed by atoms with E-state index in [0.29, 0.717) is 50.5 Å². The molecule has 0 radical (unpaired) electrons. The summed E-state index contributed by atoms with van der Waals surface area (Å²) in [5, 5.41) is 12.8. The van der Waals surface area contributed by atoms with E-state index in [4.69, 9.17) is 32.7 Å². The number of carbonyl (C=O) groups is 1. The zero-order chi connectivity index (χ0) is 21.4. The fraction of sp³-hybridized carbons (Fsp3) is 0.238. The van der Waals surface area contributed by atoms with Crippen molar-refractivity contribution in [1.82, 2.24) is 0 Å². The summed E-state index contributed by atoms with van der Waals surface area (Å²) in [4.78, 5) is 12.5. The number of amides is 1. The first-order chi connectivity index (χ1) is 13.9. The van der Waals surface area contributed by atoms with Gasteiger partial charge in [0.15, 0.2) is 11.5 Å². The van der Waals surface area contributed by atoms with Gasteiger partial charge in [0, 0.05) is 5.69 Å². The molecule has 2 rings (SSSR count). The monoisotopic (exact) mass is 496 g/mol. The Labute approximate surface area is 188 Å². The van der Waals surface area contributed by atoms with Crippen molar-refractivity contribution in [3.63, 3.8) is 0 Å². The Morgan fingerprint density at radius 3 is 2.59 bits per heavy atom. The molecule has 0 aliphatic rings. The largest absolute Gasteiger partial charge is 0.490 e. The normalized spacial score (nSPS) is 11.0. The second-order valence-corrected chi connectivity index (χ2v) is 7.53. The van der Waals surface area contributed by atoms with E-state index >= 15 is 0 Å². The van der Waals surface area contributed by atoms with Crippen LogP contribution in [-0.4, -0.2) is 19.1 Å². The maximum absolute atomic E-state index is 12.5. The highest BCUT2D eigenvalue weighted by molar-refractivity contribution is 9.10. The number of anilines is 1. The average Bonchev–Trinajstić information content (AvgIpc) is 2.68. The molecule has 0 heterocycles. The maximum atomic E-state index is 12.5. The summed E-state index contributed by atoms with van der Waals surface area (Å²) in [5.74, 6) is 0.555. The van der Waals surface area contributed by atoms with Gasteiger partial charge >= 0.3 is 0 Å². The fourth-order valence-corrected chi connectivity index (χ4v) is 3.24. The van der Waals surface area contributed by atoms with Crippen LogP contribution in [0.15, 0.2) is 40.4 Å². The van der Waals surface area contributed by atoms with Crippen molar-refractivity contribution in [2.45, 2.75) is 20.3 Å². The molecule has 1 N–H and O–H groups in total. The van der Waals surface area contributed by atoms with E-state index in [1.807, 2.05) is 19.9 Å². The topological polar surface area (TPSA) is 71.3 Å². The lowest BCUT2D eigenvalue weighted by molar-refractivity contribution is -0.112. The van der Waals surface area contributed by atoms with Crippen molar-refractivity contribution >= 4 is 56.8 Å². The van der Waals surface area contributed by atoms with E-state index in [0.717, 1.165) is 6.42 Å². The van der Waals surface area contributed by atoms with Gasteiger partial charge in [-0.15, -0.1) is 0 Å². The molecule has 152 valence electrons. The van der Waals surface area contributed by atoms with Crippen molar-refractivity contribution < 1.29 is 14.3 Å². The first kappa shape index (κ1) is 23.1. The zero-order valence-electron chi connectivity index (χ0n) is 15.9. The molecule has 0 spiro atoms. The summed E-state index contributed by atoms with van der Waals surface area (Å²) in [6.45, 7) is 4.87. The van der Waals surface area contributed by atoms with E-state index in [9.17, 15) is 10.1 Å². The van der Waals surface area contributed by atoms with Crippen LogP contribution in [0.3, 0.4) is 0 Å². The van der Waals surface area contributed by atoms with E-state index in [2.05, 4.69) is 21.2 Å². The highest BCUT2D eigenvalue weighted by Gasteiger charge is 2.14. The lowest BCUT2D eigenvalue weighted by atomic mass is 10.1. The number of carbonyl (C=O) groups excluding carboxylic acids is 1. The van der Waals surface area contributed by atoms with Gasteiger partial charge in [0.1, 0.15) is 11.6 Å². The van der Waals surface area contributed by atoms with Crippen molar-refractivity contribution in [1.29, 1.82) is 5.26 Å². The first-order valence-electron chi connectivity index (χ1n) is 8.86. The third kappa shape index (κ3) is 6.40. The van der Waals surface area contributed by atoms with Crippen molar-refractivity contribution in [3.8, 4) is 17.6 Å². The third-order valence-electron chi connectivity index (χ3n) is 3.64. The van der Waals surface area contributed by atoms with Crippen LogP contribution in [0.2, 0.25) is 10.0 Å². The lowest BCUT2D eigenvalue weighted by Gasteiger charge is -2.14. The number of hydrogen-bond donors (Lipinski definition) is 1. The molecule has 1 amide bonds. The van der Waals surface area contributed by atoms with Gasteiger partial charge in [-0.25, -0.2) is 0 Å². The minimum Gasteiger partial charge on any atom is -0.490 e. The number of benzene rings is 2. The third-order valence-corrected chi connectivity index (χ3v) is 4.96. The molecule has 2 aromatic rings. The summed E-state index contributed by atoms with van der Waals surface area (Å²) in [6, 6.07) is 10.1. The van der Waals surface area contributed by atoms with Crippen molar-refractivity contribution in [2.75, 3.05) is 18.5 Å².